The molecule has 0 amide bonds. The molecule has 0 N–H and O–H groups in total. The monoisotopic (exact) mass is 368 g/mol. The number of hydrogen-bond donors (Lipinski definition) is 0. The minimum absolute atomic E-state index is 0.520. The van der Waals surface area contributed by atoms with Crippen LogP contribution >= 0.6 is 11.3 Å². The summed E-state index contributed by atoms with van der Waals surface area (Å²) in [6, 6.07) is 19.6. The van der Waals surface area contributed by atoms with E-state index in [2.05, 4.69) is 68.4 Å². The standard InChI is InChI=1S/C24H20N2S/c1-14(2)16-8-10-18-17(13-16)11-12-25-22(18)21-6-4-5-19-20-9-7-15(3)26-24(20)27-23(19)21/h4-14H,1-3H3. The average Bonchev–Trinajstić information content (AvgIpc) is 3.04. The van der Waals surface area contributed by atoms with Crippen LogP contribution in [0.2, 0.25) is 0 Å². The van der Waals surface area contributed by atoms with E-state index in [1.165, 1.54) is 37.4 Å². The first kappa shape index (κ1) is 16.4. The number of aryl methyl sites for hydroxylation is 1. The van der Waals surface area contributed by atoms with E-state index in [1.54, 1.807) is 11.3 Å². The number of thiophene rings is 1. The number of rotatable bonds is 2. The van der Waals surface area contributed by atoms with Crippen molar-refractivity contribution in [1.29, 1.82) is 0 Å². The van der Waals surface area contributed by atoms with E-state index < -0.39 is 0 Å². The Balaban J connectivity index is 1.82. The first-order valence-corrected chi connectivity index (χ1v) is 10.1. The molecule has 0 saturated heterocycles. The summed E-state index contributed by atoms with van der Waals surface area (Å²) in [7, 11) is 0. The lowest BCUT2D eigenvalue weighted by molar-refractivity contribution is 0.869. The van der Waals surface area contributed by atoms with E-state index in [4.69, 9.17) is 9.97 Å². The Hall–Kier alpha value is -2.78. The van der Waals surface area contributed by atoms with Crippen molar-refractivity contribution >= 4 is 42.4 Å². The molecule has 2 nitrogen and oxygen atoms in total. The van der Waals surface area contributed by atoms with Crippen molar-refractivity contribution < 1.29 is 0 Å². The topological polar surface area (TPSA) is 25.8 Å². The predicted molar refractivity (Wildman–Crippen MR) is 117 cm³/mol. The number of nitrogens with zero attached hydrogens (tertiary/aromatic N) is 2. The molecule has 5 rings (SSSR count). The zero-order valence-corrected chi connectivity index (χ0v) is 16.5. The van der Waals surface area contributed by atoms with Gasteiger partial charge in [-0.25, -0.2) is 4.98 Å². The Morgan fingerprint density at radius 1 is 0.889 bits per heavy atom. The second kappa shape index (κ2) is 6.14. The van der Waals surface area contributed by atoms with Gasteiger partial charge in [-0.2, -0.15) is 0 Å². The summed E-state index contributed by atoms with van der Waals surface area (Å²) >= 11 is 1.76. The van der Waals surface area contributed by atoms with E-state index >= 15 is 0 Å². The van der Waals surface area contributed by atoms with Crippen LogP contribution in [0.3, 0.4) is 0 Å². The average molecular weight is 369 g/mol. The molecule has 0 aliphatic rings. The fourth-order valence-electron chi connectivity index (χ4n) is 3.73. The third kappa shape index (κ3) is 2.62. The maximum absolute atomic E-state index is 4.78. The predicted octanol–water partition coefficient (Wildman–Crippen LogP) is 7.10. The van der Waals surface area contributed by atoms with Crippen LogP contribution in [0.15, 0.2) is 60.8 Å². The van der Waals surface area contributed by atoms with Crippen molar-refractivity contribution in [3.05, 3.63) is 72.1 Å². The lowest BCUT2D eigenvalue weighted by atomic mass is 9.97. The van der Waals surface area contributed by atoms with E-state index in [1.807, 2.05) is 13.1 Å². The highest BCUT2D eigenvalue weighted by Gasteiger charge is 2.14. The molecule has 0 spiro atoms. The third-order valence-corrected chi connectivity index (χ3v) is 6.36. The molecule has 0 fully saturated rings. The van der Waals surface area contributed by atoms with E-state index in [0.29, 0.717) is 5.92 Å². The summed E-state index contributed by atoms with van der Waals surface area (Å²) in [5.74, 6) is 0.520. The van der Waals surface area contributed by atoms with Gasteiger partial charge in [0.2, 0.25) is 0 Å². The smallest absolute Gasteiger partial charge is 0.124 e. The summed E-state index contributed by atoms with van der Waals surface area (Å²) in [6.45, 7) is 6.51. The summed E-state index contributed by atoms with van der Waals surface area (Å²) in [6.07, 6.45) is 1.93. The molecule has 132 valence electrons. The van der Waals surface area contributed by atoms with Gasteiger partial charge in [0.1, 0.15) is 4.83 Å². The molecule has 0 bridgehead atoms. The quantitative estimate of drug-likeness (QED) is 0.332. The Labute approximate surface area is 162 Å². The molecule has 0 aliphatic carbocycles. The largest absolute Gasteiger partial charge is 0.256 e. The van der Waals surface area contributed by atoms with Crippen molar-refractivity contribution in [1.82, 2.24) is 9.97 Å². The van der Waals surface area contributed by atoms with Gasteiger partial charge in [-0.3, -0.25) is 4.98 Å². The van der Waals surface area contributed by atoms with Crippen LogP contribution in [0.4, 0.5) is 0 Å². The van der Waals surface area contributed by atoms with Gasteiger partial charge < -0.3 is 0 Å². The number of fused-ring (bicyclic) bond motifs is 4. The Morgan fingerprint density at radius 2 is 1.74 bits per heavy atom. The molecular weight excluding hydrogens is 348 g/mol. The van der Waals surface area contributed by atoms with Gasteiger partial charge in [-0.15, -0.1) is 11.3 Å². The van der Waals surface area contributed by atoms with Gasteiger partial charge in [0, 0.05) is 38.3 Å². The SMILES string of the molecule is Cc1ccc2c(n1)sc1c(-c3nccc4cc(C(C)C)ccc34)cccc12. The van der Waals surface area contributed by atoms with Crippen molar-refractivity contribution in [3.63, 3.8) is 0 Å². The number of aromatic nitrogens is 2. The lowest BCUT2D eigenvalue weighted by Crippen LogP contribution is -1.90. The Morgan fingerprint density at radius 3 is 2.59 bits per heavy atom. The molecular formula is C24H20N2S. The summed E-state index contributed by atoms with van der Waals surface area (Å²) in [4.78, 5) is 10.6. The lowest BCUT2D eigenvalue weighted by Gasteiger charge is -2.10. The fraction of sp³-hybridized carbons (Fsp3) is 0.167. The van der Waals surface area contributed by atoms with Crippen LogP contribution in [-0.4, -0.2) is 9.97 Å². The highest BCUT2D eigenvalue weighted by Crippen LogP contribution is 2.40. The highest BCUT2D eigenvalue weighted by molar-refractivity contribution is 7.26. The Kier molecular flexibility index (Phi) is 3.73. The summed E-state index contributed by atoms with van der Waals surface area (Å²) in [5.41, 5.74) is 4.66. The zero-order valence-electron chi connectivity index (χ0n) is 15.7. The molecule has 27 heavy (non-hydrogen) atoms. The van der Waals surface area contributed by atoms with Gasteiger partial charge in [-0.05, 0) is 42.0 Å². The molecule has 0 unspecified atom stereocenters. The van der Waals surface area contributed by atoms with Crippen LogP contribution in [0.5, 0.6) is 0 Å². The van der Waals surface area contributed by atoms with Gasteiger partial charge in [0.25, 0.3) is 0 Å². The molecule has 3 heterocycles. The minimum Gasteiger partial charge on any atom is -0.256 e. The van der Waals surface area contributed by atoms with E-state index in [0.717, 1.165) is 16.2 Å². The van der Waals surface area contributed by atoms with Crippen LogP contribution in [0, 0.1) is 6.92 Å². The molecule has 3 aromatic heterocycles. The van der Waals surface area contributed by atoms with Crippen molar-refractivity contribution in [2.24, 2.45) is 0 Å². The molecule has 0 saturated carbocycles. The first-order valence-electron chi connectivity index (χ1n) is 9.30. The van der Waals surface area contributed by atoms with Gasteiger partial charge in [0.05, 0.1) is 5.69 Å². The summed E-state index contributed by atoms with van der Waals surface area (Å²) < 4.78 is 1.26. The van der Waals surface area contributed by atoms with Crippen LogP contribution in [0.1, 0.15) is 31.0 Å². The van der Waals surface area contributed by atoms with Crippen molar-refractivity contribution in [2.75, 3.05) is 0 Å². The second-order valence-electron chi connectivity index (χ2n) is 7.38. The van der Waals surface area contributed by atoms with Crippen molar-refractivity contribution in [3.8, 4) is 11.3 Å². The van der Waals surface area contributed by atoms with Gasteiger partial charge >= 0.3 is 0 Å². The molecule has 0 radical (unpaired) electrons. The Bertz CT molecular complexity index is 1310. The number of pyridine rings is 2. The molecule has 2 aromatic carbocycles. The zero-order chi connectivity index (χ0) is 18.5. The number of hydrogen-bond acceptors (Lipinski definition) is 3. The van der Waals surface area contributed by atoms with Gasteiger partial charge in [0.15, 0.2) is 0 Å². The normalized spacial score (nSPS) is 11.9. The molecule has 0 atom stereocenters. The number of benzene rings is 2. The highest BCUT2D eigenvalue weighted by atomic mass is 32.1. The van der Waals surface area contributed by atoms with Crippen LogP contribution in [0.25, 0.3) is 42.3 Å². The van der Waals surface area contributed by atoms with Crippen LogP contribution in [-0.2, 0) is 0 Å². The molecule has 5 aromatic rings. The minimum atomic E-state index is 0.520. The maximum Gasteiger partial charge on any atom is 0.124 e. The van der Waals surface area contributed by atoms with Crippen LogP contribution < -0.4 is 0 Å². The second-order valence-corrected chi connectivity index (χ2v) is 8.38. The summed E-state index contributed by atoms with van der Waals surface area (Å²) in [5, 5.41) is 4.94. The molecule has 3 heteroatoms. The first-order chi connectivity index (χ1) is 13.1. The third-order valence-electron chi connectivity index (χ3n) is 5.21. The maximum atomic E-state index is 4.78. The van der Waals surface area contributed by atoms with Gasteiger partial charge in [-0.1, -0.05) is 50.2 Å². The fourth-order valence-corrected chi connectivity index (χ4v) is 4.96. The van der Waals surface area contributed by atoms with E-state index in [-0.39, 0.29) is 0 Å². The molecule has 0 aliphatic heterocycles. The van der Waals surface area contributed by atoms with E-state index in [9.17, 15) is 0 Å². The van der Waals surface area contributed by atoms with Crippen molar-refractivity contribution in [2.45, 2.75) is 26.7 Å².